The molecule has 0 saturated heterocycles. The molecule has 1 aromatic rings. The Hall–Kier alpha value is -1.05. The van der Waals surface area contributed by atoms with E-state index in [4.69, 9.17) is 0 Å². The second-order valence-corrected chi connectivity index (χ2v) is 6.05. The fraction of sp³-hybridized carbons (Fsp3) is 0.538. The third-order valence-electron chi connectivity index (χ3n) is 2.81. The highest BCUT2D eigenvalue weighted by Crippen LogP contribution is 2.18. The molecule has 1 rings (SSSR count). The normalized spacial score (nSPS) is 12.1. The Morgan fingerprint density at radius 2 is 1.95 bits per heavy atom. The topological polar surface area (TPSA) is 58.2 Å². The van der Waals surface area contributed by atoms with Gasteiger partial charge < -0.3 is 5.32 Å². The van der Waals surface area contributed by atoms with Gasteiger partial charge in [-0.15, -0.1) is 0 Å². The Bertz CT molecular complexity index is 533. The zero-order valence-corrected chi connectivity index (χ0v) is 12.4. The van der Waals surface area contributed by atoms with E-state index in [0.29, 0.717) is 18.5 Å². The Balaban J connectivity index is 3.06. The summed E-state index contributed by atoms with van der Waals surface area (Å²) in [6.45, 7) is 4.20. The number of rotatable bonds is 8. The number of halogens is 2. The number of hydrogen-bond acceptors (Lipinski definition) is 3. The molecule has 0 aliphatic heterocycles. The highest BCUT2D eigenvalue weighted by Gasteiger charge is 2.19. The van der Waals surface area contributed by atoms with Crippen LogP contribution in [0.4, 0.5) is 8.78 Å². The first kappa shape index (κ1) is 17.0. The van der Waals surface area contributed by atoms with Crippen LogP contribution >= 0.6 is 0 Å². The summed E-state index contributed by atoms with van der Waals surface area (Å²) in [6.07, 6.45) is -2.19. The van der Waals surface area contributed by atoms with Gasteiger partial charge in [0.15, 0.2) is 0 Å². The predicted molar refractivity (Wildman–Crippen MR) is 74.4 cm³/mol. The van der Waals surface area contributed by atoms with Gasteiger partial charge in [0, 0.05) is 6.54 Å². The number of benzene rings is 1. The molecular weight excluding hydrogens is 286 g/mol. The van der Waals surface area contributed by atoms with Crippen molar-refractivity contribution in [3.8, 4) is 0 Å². The molecule has 0 aliphatic rings. The molecule has 0 aliphatic carbocycles. The summed E-state index contributed by atoms with van der Waals surface area (Å²) >= 11 is 0. The van der Waals surface area contributed by atoms with Crippen molar-refractivity contribution in [1.82, 2.24) is 10.0 Å². The van der Waals surface area contributed by atoms with Gasteiger partial charge in [-0.2, -0.15) is 0 Å². The third-order valence-corrected chi connectivity index (χ3v) is 4.31. The van der Waals surface area contributed by atoms with E-state index >= 15 is 0 Å². The van der Waals surface area contributed by atoms with Crippen LogP contribution in [0.25, 0.3) is 0 Å². The van der Waals surface area contributed by atoms with Gasteiger partial charge in [0.2, 0.25) is 10.0 Å². The summed E-state index contributed by atoms with van der Waals surface area (Å²) in [7, 11) is -3.90. The summed E-state index contributed by atoms with van der Waals surface area (Å²) in [4.78, 5) is 0.0797. The first-order valence-electron chi connectivity index (χ1n) is 6.51. The van der Waals surface area contributed by atoms with E-state index in [-0.39, 0.29) is 4.90 Å². The van der Waals surface area contributed by atoms with Crippen LogP contribution in [0, 0.1) is 0 Å². The minimum absolute atomic E-state index is 0.0797. The van der Waals surface area contributed by atoms with Gasteiger partial charge in [0.25, 0.3) is 6.43 Å². The van der Waals surface area contributed by atoms with Gasteiger partial charge in [0.05, 0.1) is 11.4 Å². The molecule has 2 N–H and O–H groups in total. The van der Waals surface area contributed by atoms with Crippen LogP contribution in [0.3, 0.4) is 0 Å². The fourth-order valence-electron chi connectivity index (χ4n) is 1.77. The van der Waals surface area contributed by atoms with E-state index in [1.54, 1.807) is 6.07 Å². The van der Waals surface area contributed by atoms with Crippen molar-refractivity contribution in [2.45, 2.75) is 38.1 Å². The van der Waals surface area contributed by atoms with Crippen LogP contribution in [0.2, 0.25) is 0 Å². The maximum atomic E-state index is 12.2. The highest BCUT2D eigenvalue weighted by molar-refractivity contribution is 7.89. The largest absolute Gasteiger partial charge is 0.313 e. The average molecular weight is 306 g/mol. The van der Waals surface area contributed by atoms with Crippen molar-refractivity contribution in [2.24, 2.45) is 0 Å². The molecule has 0 heterocycles. The molecule has 0 aromatic heterocycles. The summed E-state index contributed by atoms with van der Waals surface area (Å²) < 4.78 is 50.4. The molecule has 0 fully saturated rings. The number of alkyl halides is 2. The van der Waals surface area contributed by atoms with Crippen LogP contribution < -0.4 is 10.0 Å². The van der Waals surface area contributed by atoms with Gasteiger partial charge in [0.1, 0.15) is 0 Å². The van der Waals surface area contributed by atoms with Gasteiger partial charge in [-0.25, -0.2) is 21.9 Å². The zero-order valence-electron chi connectivity index (χ0n) is 11.6. The molecule has 0 radical (unpaired) electrons. The lowest BCUT2D eigenvalue weighted by molar-refractivity contribution is 0.153. The third kappa shape index (κ3) is 4.81. The second-order valence-electron chi connectivity index (χ2n) is 4.32. The Labute approximate surface area is 118 Å². The maximum Gasteiger partial charge on any atom is 0.251 e. The first-order chi connectivity index (χ1) is 9.40. The lowest BCUT2D eigenvalue weighted by Crippen LogP contribution is -2.29. The van der Waals surface area contributed by atoms with Gasteiger partial charge >= 0.3 is 0 Å². The standard InChI is InChI=1S/C13H20F2N2O2S/c1-3-11-6-5-10(8-16-4-2)7-12(11)20(18,19)17-9-13(14)15/h5-7,13,16-17H,3-4,8-9H2,1-2H3. The zero-order chi connectivity index (χ0) is 15.2. The second kappa shape index (κ2) is 7.66. The molecular formula is C13H20F2N2O2S. The van der Waals surface area contributed by atoms with Crippen LogP contribution in [0.1, 0.15) is 25.0 Å². The number of nitrogens with one attached hydrogen (secondary N) is 2. The van der Waals surface area contributed by atoms with E-state index in [9.17, 15) is 17.2 Å². The Kier molecular flexibility index (Phi) is 6.51. The molecule has 4 nitrogen and oxygen atoms in total. The van der Waals surface area contributed by atoms with Gasteiger partial charge in [-0.3, -0.25) is 0 Å². The SMILES string of the molecule is CCNCc1ccc(CC)c(S(=O)(=O)NCC(F)F)c1. The number of hydrogen-bond donors (Lipinski definition) is 2. The molecule has 0 saturated carbocycles. The van der Waals surface area contributed by atoms with Gasteiger partial charge in [-0.1, -0.05) is 26.0 Å². The van der Waals surface area contributed by atoms with E-state index in [2.05, 4.69) is 5.32 Å². The van der Waals surface area contributed by atoms with Gasteiger partial charge in [-0.05, 0) is 30.2 Å². The summed E-state index contributed by atoms with van der Waals surface area (Å²) in [5, 5.41) is 3.10. The smallest absolute Gasteiger partial charge is 0.251 e. The van der Waals surface area contributed by atoms with Crippen molar-refractivity contribution in [3.63, 3.8) is 0 Å². The van der Waals surface area contributed by atoms with E-state index < -0.39 is 23.0 Å². The number of aryl methyl sites for hydroxylation is 1. The quantitative estimate of drug-likeness (QED) is 0.771. The summed E-state index contributed by atoms with van der Waals surface area (Å²) in [5.74, 6) is 0. The Morgan fingerprint density at radius 1 is 1.25 bits per heavy atom. The fourth-order valence-corrected chi connectivity index (χ4v) is 3.14. The number of sulfonamides is 1. The lowest BCUT2D eigenvalue weighted by atomic mass is 10.1. The molecule has 0 spiro atoms. The van der Waals surface area contributed by atoms with Crippen molar-refractivity contribution in [3.05, 3.63) is 29.3 Å². The predicted octanol–water partition coefficient (Wildman–Crippen LogP) is 1.90. The van der Waals surface area contributed by atoms with E-state index in [1.165, 1.54) is 6.07 Å². The minimum atomic E-state index is -3.90. The maximum absolute atomic E-state index is 12.2. The van der Waals surface area contributed by atoms with Crippen LogP contribution in [-0.2, 0) is 23.0 Å². The van der Waals surface area contributed by atoms with E-state index in [1.807, 2.05) is 24.6 Å². The lowest BCUT2D eigenvalue weighted by Gasteiger charge is -2.12. The molecule has 1 aromatic carbocycles. The van der Waals surface area contributed by atoms with Crippen molar-refractivity contribution < 1.29 is 17.2 Å². The molecule has 7 heteroatoms. The summed E-state index contributed by atoms with van der Waals surface area (Å²) in [6, 6.07) is 5.10. The van der Waals surface area contributed by atoms with Crippen molar-refractivity contribution in [2.75, 3.05) is 13.1 Å². The molecule has 0 atom stereocenters. The molecule has 114 valence electrons. The highest BCUT2D eigenvalue weighted by atomic mass is 32.2. The van der Waals surface area contributed by atoms with Crippen molar-refractivity contribution >= 4 is 10.0 Å². The molecule has 0 bridgehead atoms. The molecule has 0 unspecified atom stereocenters. The van der Waals surface area contributed by atoms with Crippen molar-refractivity contribution in [1.29, 1.82) is 0 Å². The monoisotopic (exact) mass is 306 g/mol. The molecule has 20 heavy (non-hydrogen) atoms. The van der Waals surface area contributed by atoms with Crippen LogP contribution in [0.15, 0.2) is 23.1 Å². The van der Waals surface area contributed by atoms with Crippen LogP contribution in [0.5, 0.6) is 0 Å². The minimum Gasteiger partial charge on any atom is -0.313 e. The molecule has 0 amide bonds. The van der Waals surface area contributed by atoms with E-state index in [0.717, 1.165) is 12.1 Å². The first-order valence-corrected chi connectivity index (χ1v) is 7.99. The summed E-state index contributed by atoms with van der Waals surface area (Å²) in [5.41, 5.74) is 1.42. The van der Waals surface area contributed by atoms with Crippen LogP contribution in [-0.4, -0.2) is 27.9 Å². The average Bonchev–Trinajstić information content (AvgIpc) is 2.42. The Morgan fingerprint density at radius 3 is 2.50 bits per heavy atom.